The van der Waals surface area contributed by atoms with Gasteiger partial charge in [-0.2, -0.15) is 18.2 Å². The SMILES string of the molecule is COc1ccc2[nH]c(CC(O)C(F)(F)F)nc2n1. The van der Waals surface area contributed by atoms with Crippen LogP contribution in [-0.2, 0) is 6.42 Å². The van der Waals surface area contributed by atoms with E-state index in [2.05, 4.69) is 15.0 Å². The third-order valence-corrected chi connectivity index (χ3v) is 2.34. The molecule has 5 nitrogen and oxygen atoms in total. The van der Waals surface area contributed by atoms with Crippen molar-refractivity contribution in [1.29, 1.82) is 0 Å². The summed E-state index contributed by atoms with van der Waals surface area (Å²) in [6.45, 7) is 0. The molecule has 98 valence electrons. The number of aromatic nitrogens is 3. The van der Waals surface area contributed by atoms with Gasteiger partial charge in [-0.1, -0.05) is 0 Å². The zero-order chi connectivity index (χ0) is 13.3. The summed E-state index contributed by atoms with van der Waals surface area (Å²) in [4.78, 5) is 10.5. The zero-order valence-corrected chi connectivity index (χ0v) is 9.32. The summed E-state index contributed by atoms with van der Waals surface area (Å²) < 4.78 is 41.4. The molecule has 0 saturated carbocycles. The van der Waals surface area contributed by atoms with Crippen molar-refractivity contribution in [2.45, 2.75) is 18.7 Å². The van der Waals surface area contributed by atoms with E-state index in [0.717, 1.165) is 0 Å². The standard InChI is InChI=1S/C10H10F3N3O2/c1-18-8-3-2-5-9(16-8)15-7(14-5)4-6(17)10(11,12)13/h2-3,6,17H,4H2,1H3,(H,14,15,16). The molecule has 0 amide bonds. The summed E-state index contributed by atoms with van der Waals surface area (Å²) in [5, 5.41) is 8.93. The number of fused-ring (bicyclic) bond motifs is 1. The Bertz CT molecular complexity index is 553. The molecule has 0 aromatic carbocycles. The highest BCUT2D eigenvalue weighted by Gasteiger charge is 2.38. The summed E-state index contributed by atoms with van der Waals surface area (Å²) in [5.41, 5.74) is 0.735. The van der Waals surface area contributed by atoms with Crippen LogP contribution in [0.2, 0.25) is 0 Å². The molecule has 0 saturated heterocycles. The van der Waals surface area contributed by atoms with Crippen LogP contribution in [0, 0.1) is 0 Å². The number of aliphatic hydroxyl groups excluding tert-OH is 1. The predicted octanol–water partition coefficient (Wildman–Crippen LogP) is 1.43. The Labute approximate surface area is 99.6 Å². The van der Waals surface area contributed by atoms with E-state index in [4.69, 9.17) is 9.84 Å². The number of hydrogen-bond donors (Lipinski definition) is 2. The lowest BCUT2D eigenvalue weighted by atomic mass is 10.2. The minimum atomic E-state index is -4.66. The molecule has 2 aromatic heterocycles. The maximum atomic E-state index is 12.2. The van der Waals surface area contributed by atoms with Gasteiger partial charge in [-0.25, -0.2) is 4.98 Å². The lowest BCUT2D eigenvalue weighted by Crippen LogP contribution is -2.30. The highest BCUT2D eigenvalue weighted by atomic mass is 19.4. The number of halogens is 3. The number of alkyl halides is 3. The van der Waals surface area contributed by atoms with Crippen molar-refractivity contribution in [3.8, 4) is 5.88 Å². The molecular formula is C10H10F3N3O2. The van der Waals surface area contributed by atoms with E-state index in [0.29, 0.717) is 11.4 Å². The highest BCUT2D eigenvalue weighted by Crippen LogP contribution is 2.23. The van der Waals surface area contributed by atoms with Gasteiger partial charge in [0.25, 0.3) is 0 Å². The minimum absolute atomic E-state index is 0.0237. The van der Waals surface area contributed by atoms with Crippen LogP contribution >= 0.6 is 0 Å². The fourth-order valence-electron chi connectivity index (χ4n) is 1.43. The Hall–Kier alpha value is -1.83. The van der Waals surface area contributed by atoms with Gasteiger partial charge in [0, 0.05) is 12.5 Å². The van der Waals surface area contributed by atoms with Crippen molar-refractivity contribution in [3.63, 3.8) is 0 Å². The Kier molecular flexibility index (Phi) is 3.12. The molecule has 18 heavy (non-hydrogen) atoms. The number of H-pyrrole nitrogens is 1. The van der Waals surface area contributed by atoms with Crippen molar-refractivity contribution in [2.24, 2.45) is 0 Å². The molecule has 2 aromatic rings. The van der Waals surface area contributed by atoms with Crippen LogP contribution in [0.1, 0.15) is 5.82 Å². The van der Waals surface area contributed by atoms with Gasteiger partial charge in [-0.05, 0) is 6.07 Å². The van der Waals surface area contributed by atoms with Crippen LogP contribution in [-0.4, -0.2) is 39.4 Å². The third-order valence-electron chi connectivity index (χ3n) is 2.34. The van der Waals surface area contributed by atoms with Gasteiger partial charge < -0.3 is 14.8 Å². The summed E-state index contributed by atoms with van der Waals surface area (Å²) in [6.07, 6.45) is -7.74. The van der Waals surface area contributed by atoms with E-state index in [-0.39, 0.29) is 11.5 Å². The van der Waals surface area contributed by atoms with E-state index < -0.39 is 18.7 Å². The average Bonchev–Trinajstić information content (AvgIpc) is 2.68. The van der Waals surface area contributed by atoms with Gasteiger partial charge in [0.1, 0.15) is 5.82 Å². The molecule has 8 heteroatoms. The van der Waals surface area contributed by atoms with Crippen LogP contribution in [0.5, 0.6) is 5.88 Å². The van der Waals surface area contributed by atoms with Crippen LogP contribution in [0.25, 0.3) is 11.2 Å². The molecule has 1 unspecified atom stereocenters. The second-order valence-corrected chi connectivity index (χ2v) is 3.67. The van der Waals surface area contributed by atoms with Gasteiger partial charge in [0.15, 0.2) is 11.8 Å². The van der Waals surface area contributed by atoms with E-state index in [1.54, 1.807) is 12.1 Å². The summed E-state index contributed by atoms with van der Waals surface area (Å²) in [5.74, 6) is 0.340. The smallest absolute Gasteiger partial charge is 0.414 e. The molecule has 0 aliphatic carbocycles. The van der Waals surface area contributed by atoms with E-state index in [1.807, 2.05) is 0 Å². The maximum absolute atomic E-state index is 12.2. The van der Waals surface area contributed by atoms with Crippen LogP contribution in [0.15, 0.2) is 12.1 Å². The number of ether oxygens (including phenoxy) is 1. The van der Waals surface area contributed by atoms with Crippen LogP contribution < -0.4 is 4.74 Å². The largest absolute Gasteiger partial charge is 0.481 e. The molecule has 2 N–H and O–H groups in total. The number of nitrogens with one attached hydrogen (secondary N) is 1. The van der Waals surface area contributed by atoms with Crippen molar-refractivity contribution < 1.29 is 23.0 Å². The first-order valence-corrected chi connectivity index (χ1v) is 5.04. The number of hydrogen-bond acceptors (Lipinski definition) is 4. The third kappa shape index (κ3) is 2.53. The Morgan fingerprint density at radius 2 is 2.11 bits per heavy atom. The topological polar surface area (TPSA) is 71.0 Å². The predicted molar refractivity (Wildman–Crippen MR) is 56.2 cm³/mol. The van der Waals surface area contributed by atoms with Gasteiger partial charge in [0.2, 0.25) is 5.88 Å². The first kappa shape index (κ1) is 12.6. The Morgan fingerprint density at radius 1 is 1.39 bits per heavy atom. The van der Waals surface area contributed by atoms with E-state index in [1.165, 1.54) is 7.11 Å². The molecular weight excluding hydrogens is 251 g/mol. The highest BCUT2D eigenvalue weighted by molar-refractivity contribution is 5.71. The maximum Gasteiger partial charge on any atom is 0.414 e. The number of rotatable bonds is 3. The van der Waals surface area contributed by atoms with E-state index in [9.17, 15) is 13.2 Å². The number of nitrogens with zero attached hydrogens (tertiary/aromatic N) is 2. The molecule has 1 atom stereocenters. The first-order chi connectivity index (χ1) is 8.40. The van der Waals surface area contributed by atoms with Crippen LogP contribution in [0.4, 0.5) is 13.2 Å². The fraction of sp³-hybridized carbons (Fsp3) is 0.400. The Morgan fingerprint density at radius 3 is 2.72 bits per heavy atom. The molecule has 2 rings (SSSR count). The second-order valence-electron chi connectivity index (χ2n) is 3.67. The van der Waals surface area contributed by atoms with Crippen LogP contribution in [0.3, 0.4) is 0 Å². The van der Waals surface area contributed by atoms with E-state index >= 15 is 0 Å². The molecule has 0 spiro atoms. The number of aliphatic hydroxyl groups is 1. The molecule has 0 radical (unpaired) electrons. The lowest BCUT2D eigenvalue weighted by molar-refractivity contribution is -0.203. The van der Waals surface area contributed by atoms with Crippen molar-refractivity contribution >= 4 is 11.2 Å². The Balaban J connectivity index is 2.25. The van der Waals surface area contributed by atoms with Crippen molar-refractivity contribution in [3.05, 3.63) is 18.0 Å². The lowest BCUT2D eigenvalue weighted by Gasteiger charge is -2.12. The second kappa shape index (κ2) is 4.45. The molecule has 0 bridgehead atoms. The molecule has 2 heterocycles. The van der Waals surface area contributed by atoms with Gasteiger partial charge in [0.05, 0.1) is 12.6 Å². The molecule has 0 aliphatic rings. The molecule has 0 aliphatic heterocycles. The first-order valence-electron chi connectivity index (χ1n) is 5.04. The van der Waals surface area contributed by atoms with Gasteiger partial charge in [-0.15, -0.1) is 0 Å². The number of imidazole rings is 1. The monoisotopic (exact) mass is 261 g/mol. The molecule has 0 fully saturated rings. The summed E-state index contributed by atoms with van der Waals surface area (Å²) in [6, 6.07) is 3.15. The normalized spacial score (nSPS) is 13.8. The summed E-state index contributed by atoms with van der Waals surface area (Å²) in [7, 11) is 1.43. The average molecular weight is 261 g/mol. The van der Waals surface area contributed by atoms with Crippen molar-refractivity contribution in [2.75, 3.05) is 7.11 Å². The summed E-state index contributed by atoms with van der Waals surface area (Å²) >= 11 is 0. The zero-order valence-electron chi connectivity index (χ0n) is 9.32. The number of pyridine rings is 1. The number of methoxy groups -OCH3 is 1. The minimum Gasteiger partial charge on any atom is -0.481 e. The van der Waals surface area contributed by atoms with Crippen molar-refractivity contribution in [1.82, 2.24) is 15.0 Å². The quantitative estimate of drug-likeness (QED) is 0.876. The fourth-order valence-corrected chi connectivity index (χ4v) is 1.43. The van der Waals surface area contributed by atoms with Gasteiger partial charge >= 0.3 is 6.18 Å². The number of aromatic amines is 1. The van der Waals surface area contributed by atoms with Gasteiger partial charge in [-0.3, -0.25) is 0 Å².